The molecule has 0 bridgehead atoms. The average Bonchev–Trinajstić information content (AvgIpc) is 2.36. The summed E-state index contributed by atoms with van der Waals surface area (Å²) in [4.78, 5) is 10.9. The highest BCUT2D eigenvalue weighted by Gasteiger charge is 2.36. The molecular weight excluding hydrogens is 331 g/mol. The van der Waals surface area contributed by atoms with Gasteiger partial charge in [0.05, 0.1) is 11.5 Å². The standard InChI is InChI=1S/C14H16BrFO4/c15-10-5-11(16)7-12(6-10)20-8-14(19)3-1-9(2-4-14)13(17)18/h5-7,9,19H,1-4,8H2,(H,17,18). The number of carboxylic acid groups (broad SMARTS) is 1. The second-order valence-electron chi connectivity index (χ2n) is 5.23. The predicted octanol–water partition coefficient (Wildman–Crippen LogP) is 2.97. The van der Waals surface area contributed by atoms with Gasteiger partial charge < -0.3 is 14.9 Å². The summed E-state index contributed by atoms with van der Waals surface area (Å²) < 4.78 is 19.2. The Labute approximate surface area is 124 Å². The second kappa shape index (κ2) is 6.10. The van der Waals surface area contributed by atoms with Crippen molar-refractivity contribution in [3.05, 3.63) is 28.5 Å². The Hall–Kier alpha value is -1.14. The number of aliphatic hydroxyl groups is 1. The molecule has 20 heavy (non-hydrogen) atoms. The van der Waals surface area contributed by atoms with Crippen LogP contribution >= 0.6 is 15.9 Å². The zero-order chi connectivity index (χ0) is 14.8. The number of carbonyl (C=O) groups is 1. The van der Waals surface area contributed by atoms with E-state index in [1.54, 1.807) is 6.07 Å². The van der Waals surface area contributed by atoms with E-state index in [9.17, 15) is 14.3 Å². The maximum atomic E-state index is 13.2. The van der Waals surface area contributed by atoms with Crippen molar-refractivity contribution in [3.63, 3.8) is 0 Å². The van der Waals surface area contributed by atoms with Crippen LogP contribution in [-0.4, -0.2) is 28.4 Å². The van der Waals surface area contributed by atoms with Crippen LogP contribution in [0.3, 0.4) is 0 Å². The van der Waals surface area contributed by atoms with Gasteiger partial charge in [0.25, 0.3) is 0 Å². The molecule has 1 aromatic rings. The third-order valence-corrected chi connectivity index (χ3v) is 4.07. The number of benzene rings is 1. The molecule has 1 saturated carbocycles. The number of rotatable bonds is 4. The first-order chi connectivity index (χ1) is 9.38. The van der Waals surface area contributed by atoms with Gasteiger partial charge in [-0.25, -0.2) is 4.39 Å². The van der Waals surface area contributed by atoms with E-state index in [-0.39, 0.29) is 6.61 Å². The normalized spacial score (nSPS) is 26.2. The topological polar surface area (TPSA) is 66.8 Å². The Morgan fingerprint density at radius 1 is 1.40 bits per heavy atom. The van der Waals surface area contributed by atoms with Gasteiger partial charge in [0.15, 0.2) is 0 Å². The predicted molar refractivity (Wildman–Crippen MR) is 74.1 cm³/mol. The first-order valence-electron chi connectivity index (χ1n) is 6.42. The molecule has 4 nitrogen and oxygen atoms in total. The molecule has 1 aromatic carbocycles. The summed E-state index contributed by atoms with van der Waals surface area (Å²) in [6, 6.07) is 4.19. The van der Waals surface area contributed by atoms with E-state index in [1.807, 2.05) is 0 Å². The number of hydrogen-bond donors (Lipinski definition) is 2. The van der Waals surface area contributed by atoms with Crippen molar-refractivity contribution in [2.24, 2.45) is 5.92 Å². The van der Waals surface area contributed by atoms with Crippen molar-refractivity contribution in [2.75, 3.05) is 6.61 Å². The fourth-order valence-electron chi connectivity index (χ4n) is 2.38. The minimum absolute atomic E-state index is 0.0369. The SMILES string of the molecule is O=C(O)C1CCC(O)(COc2cc(F)cc(Br)c2)CC1. The Morgan fingerprint density at radius 3 is 2.60 bits per heavy atom. The maximum Gasteiger partial charge on any atom is 0.306 e. The Bertz CT molecular complexity index is 478. The summed E-state index contributed by atoms with van der Waals surface area (Å²) in [7, 11) is 0. The zero-order valence-electron chi connectivity index (χ0n) is 10.8. The van der Waals surface area contributed by atoms with Crippen molar-refractivity contribution in [2.45, 2.75) is 31.3 Å². The Kier molecular flexibility index (Phi) is 4.65. The molecular formula is C14H16BrFO4. The minimum Gasteiger partial charge on any atom is -0.490 e. The molecule has 2 rings (SSSR count). The van der Waals surface area contributed by atoms with Crippen LogP contribution in [0, 0.1) is 11.7 Å². The quantitative estimate of drug-likeness (QED) is 0.879. The van der Waals surface area contributed by atoms with Crippen molar-refractivity contribution in [1.82, 2.24) is 0 Å². The van der Waals surface area contributed by atoms with Crippen LogP contribution in [-0.2, 0) is 4.79 Å². The van der Waals surface area contributed by atoms with Crippen molar-refractivity contribution in [3.8, 4) is 5.75 Å². The largest absolute Gasteiger partial charge is 0.490 e. The number of carboxylic acids is 1. The van der Waals surface area contributed by atoms with Crippen LogP contribution < -0.4 is 4.74 Å². The first-order valence-corrected chi connectivity index (χ1v) is 7.21. The molecule has 0 atom stereocenters. The van der Waals surface area contributed by atoms with Gasteiger partial charge in [-0.05, 0) is 37.8 Å². The summed E-state index contributed by atoms with van der Waals surface area (Å²) in [5.41, 5.74) is -1.04. The number of aliphatic carboxylic acids is 1. The van der Waals surface area contributed by atoms with Crippen LogP contribution in [0.1, 0.15) is 25.7 Å². The molecule has 0 radical (unpaired) electrons. The molecule has 0 aliphatic heterocycles. The molecule has 110 valence electrons. The molecule has 1 aliphatic rings. The molecule has 2 N–H and O–H groups in total. The lowest BCUT2D eigenvalue weighted by molar-refractivity contribution is -0.145. The van der Waals surface area contributed by atoms with Crippen LogP contribution in [0.25, 0.3) is 0 Å². The third kappa shape index (κ3) is 3.93. The highest BCUT2D eigenvalue weighted by atomic mass is 79.9. The molecule has 0 heterocycles. The van der Waals surface area contributed by atoms with Gasteiger partial charge in [-0.15, -0.1) is 0 Å². The average molecular weight is 347 g/mol. The van der Waals surface area contributed by atoms with Crippen molar-refractivity contribution in [1.29, 1.82) is 0 Å². The van der Waals surface area contributed by atoms with Crippen LogP contribution in [0.5, 0.6) is 5.75 Å². The van der Waals surface area contributed by atoms with E-state index in [1.165, 1.54) is 12.1 Å². The van der Waals surface area contributed by atoms with Gasteiger partial charge in [0, 0.05) is 10.5 Å². The summed E-state index contributed by atoms with van der Waals surface area (Å²) in [5, 5.41) is 19.3. The highest BCUT2D eigenvalue weighted by Crippen LogP contribution is 2.33. The summed E-state index contributed by atoms with van der Waals surface area (Å²) in [5.74, 6) is -1.29. The van der Waals surface area contributed by atoms with E-state index in [0.717, 1.165) is 0 Å². The fourth-order valence-corrected chi connectivity index (χ4v) is 2.82. The number of halogens is 2. The van der Waals surface area contributed by atoms with Gasteiger partial charge in [0.2, 0.25) is 0 Å². The van der Waals surface area contributed by atoms with Gasteiger partial charge in [-0.2, -0.15) is 0 Å². The summed E-state index contributed by atoms with van der Waals surface area (Å²) >= 11 is 3.17. The van der Waals surface area contributed by atoms with Crippen LogP contribution in [0.15, 0.2) is 22.7 Å². The molecule has 0 amide bonds. The molecule has 0 spiro atoms. The molecule has 0 aromatic heterocycles. The van der Waals surface area contributed by atoms with Crippen molar-refractivity contribution >= 4 is 21.9 Å². The van der Waals surface area contributed by atoms with Crippen LogP contribution in [0.2, 0.25) is 0 Å². The van der Waals surface area contributed by atoms with Gasteiger partial charge >= 0.3 is 5.97 Å². The molecule has 1 fully saturated rings. The van der Waals surface area contributed by atoms with E-state index in [2.05, 4.69) is 15.9 Å². The maximum absolute atomic E-state index is 13.2. The zero-order valence-corrected chi connectivity index (χ0v) is 12.4. The van der Waals surface area contributed by atoms with Gasteiger partial charge in [0.1, 0.15) is 18.2 Å². The number of hydrogen-bond acceptors (Lipinski definition) is 3. The second-order valence-corrected chi connectivity index (χ2v) is 6.15. The molecule has 6 heteroatoms. The smallest absolute Gasteiger partial charge is 0.306 e. The highest BCUT2D eigenvalue weighted by molar-refractivity contribution is 9.10. The molecule has 1 aliphatic carbocycles. The van der Waals surface area contributed by atoms with Gasteiger partial charge in [-0.3, -0.25) is 4.79 Å². The lowest BCUT2D eigenvalue weighted by atomic mass is 9.79. The van der Waals surface area contributed by atoms with Gasteiger partial charge in [-0.1, -0.05) is 15.9 Å². The molecule has 0 unspecified atom stereocenters. The monoisotopic (exact) mass is 346 g/mol. The minimum atomic E-state index is -1.04. The lowest BCUT2D eigenvalue weighted by Gasteiger charge is -2.34. The van der Waals surface area contributed by atoms with Crippen LogP contribution in [0.4, 0.5) is 4.39 Å². The Morgan fingerprint density at radius 2 is 2.05 bits per heavy atom. The Balaban J connectivity index is 1.92. The van der Waals surface area contributed by atoms with E-state index < -0.39 is 23.3 Å². The first kappa shape index (κ1) is 15.3. The summed E-state index contributed by atoms with van der Waals surface area (Å²) in [6.07, 6.45) is 1.62. The van der Waals surface area contributed by atoms with Crippen molar-refractivity contribution < 1.29 is 24.1 Å². The lowest BCUT2D eigenvalue weighted by Crippen LogP contribution is -2.41. The molecule has 0 saturated heterocycles. The fraction of sp³-hybridized carbons (Fsp3) is 0.500. The van der Waals surface area contributed by atoms with E-state index in [4.69, 9.17) is 9.84 Å². The third-order valence-electron chi connectivity index (χ3n) is 3.61. The van der Waals surface area contributed by atoms with E-state index in [0.29, 0.717) is 35.9 Å². The number of ether oxygens (including phenoxy) is 1. The summed E-state index contributed by atoms with van der Waals surface area (Å²) in [6.45, 7) is 0.0369. The van der Waals surface area contributed by atoms with E-state index >= 15 is 0 Å².